The Hall–Kier alpha value is -3.19. The molecule has 0 unspecified atom stereocenters. The number of methoxy groups -OCH3 is 1. The minimum Gasteiger partial charge on any atom is -0.467 e. The molecule has 0 fully saturated rings. The zero-order valence-corrected chi connectivity index (χ0v) is 18.7. The number of esters is 1. The highest BCUT2D eigenvalue weighted by Gasteiger charge is 2.27. The number of amides is 2. The molecular formula is C24H31N3O4. The van der Waals surface area contributed by atoms with Crippen LogP contribution in [-0.4, -0.2) is 44.0 Å². The van der Waals surface area contributed by atoms with Gasteiger partial charge in [0.05, 0.1) is 7.11 Å². The molecule has 3 N–H and O–H groups in total. The molecule has 0 spiro atoms. The first-order chi connectivity index (χ1) is 14.7. The maximum atomic E-state index is 12.7. The number of hydrogen-bond acceptors (Lipinski definition) is 5. The van der Waals surface area contributed by atoms with Crippen LogP contribution in [0.3, 0.4) is 0 Å². The van der Waals surface area contributed by atoms with E-state index in [1.54, 1.807) is 14.0 Å². The van der Waals surface area contributed by atoms with Gasteiger partial charge in [0, 0.05) is 6.42 Å². The Labute approximate surface area is 183 Å². The molecule has 0 aliphatic carbocycles. The lowest BCUT2D eigenvalue weighted by atomic mass is 10.0. The van der Waals surface area contributed by atoms with Crippen LogP contribution in [0.25, 0.3) is 0 Å². The lowest BCUT2D eigenvalue weighted by Gasteiger charge is -2.22. The molecule has 0 bridgehead atoms. The Morgan fingerprint density at radius 1 is 0.871 bits per heavy atom. The summed E-state index contributed by atoms with van der Waals surface area (Å²) in [4.78, 5) is 37.6. The van der Waals surface area contributed by atoms with Gasteiger partial charge < -0.3 is 20.7 Å². The Bertz CT molecular complexity index is 894. The molecule has 2 rings (SSSR count). The highest BCUT2D eigenvalue weighted by Crippen LogP contribution is 2.14. The van der Waals surface area contributed by atoms with Crippen molar-refractivity contribution in [3.8, 4) is 0 Å². The first-order valence-corrected chi connectivity index (χ1v) is 10.2. The van der Waals surface area contributed by atoms with E-state index >= 15 is 0 Å². The van der Waals surface area contributed by atoms with E-state index in [-0.39, 0.29) is 5.91 Å². The number of hydrogen-bond donors (Lipinski definition) is 3. The van der Waals surface area contributed by atoms with Crippen LogP contribution < -0.4 is 16.0 Å². The van der Waals surface area contributed by atoms with Crippen molar-refractivity contribution in [3.05, 3.63) is 70.8 Å². The van der Waals surface area contributed by atoms with Crippen LogP contribution in [-0.2, 0) is 25.5 Å². The lowest BCUT2D eigenvalue weighted by molar-refractivity contribution is -0.145. The monoisotopic (exact) mass is 425 g/mol. The second-order valence-electron chi connectivity index (χ2n) is 7.64. The predicted molar refractivity (Wildman–Crippen MR) is 119 cm³/mol. The number of aryl methyl sites for hydroxylation is 2. The van der Waals surface area contributed by atoms with Crippen LogP contribution in [0.2, 0.25) is 0 Å². The number of benzene rings is 2. The predicted octanol–water partition coefficient (Wildman–Crippen LogP) is 1.97. The Morgan fingerprint density at radius 3 is 1.94 bits per heavy atom. The number of ether oxygens (including phenoxy) is 1. The standard InChI is InChI=1S/C24H31N3O4/c1-15-6-10-18(11-7-15)14-20(24(30)31-5)27-22(28)17(3)26-23(29)21(25-4)19-12-8-16(2)9-13-19/h6-13,17,20-21,25H,14H2,1-5H3,(H,26,29)(H,27,28)/t17-,20-,21-/m0/s1. The average Bonchev–Trinajstić information content (AvgIpc) is 2.75. The fraction of sp³-hybridized carbons (Fsp3) is 0.375. The van der Waals surface area contributed by atoms with Crippen LogP contribution in [0, 0.1) is 13.8 Å². The summed E-state index contributed by atoms with van der Waals surface area (Å²) in [5.74, 6) is -1.34. The molecule has 0 heterocycles. The molecule has 31 heavy (non-hydrogen) atoms. The van der Waals surface area contributed by atoms with Crippen molar-refractivity contribution in [2.45, 2.75) is 45.3 Å². The Balaban J connectivity index is 2.03. The van der Waals surface area contributed by atoms with E-state index in [2.05, 4.69) is 16.0 Å². The molecule has 166 valence electrons. The Kier molecular flexibility index (Phi) is 8.75. The lowest BCUT2D eigenvalue weighted by Crippen LogP contribution is -2.52. The third-order valence-corrected chi connectivity index (χ3v) is 5.08. The zero-order valence-electron chi connectivity index (χ0n) is 18.7. The first-order valence-electron chi connectivity index (χ1n) is 10.2. The molecule has 0 aliphatic rings. The summed E-state index contributed by atoms with van der Waals surface area (Å²) < 4.78 is 4.84. The van der Waals surface area contributed by atoms with Gasteiger partial charge in [-0.2, -0.15) is 0 Å². The number of carbonyl (C=O) groups excluding carboxylic acids is 3. The van der Waals surface area contributed by atoms with Crippen LogP contribution in [0.5, 0.6) is 0 Å². The third-order valence-electron chi connectivity index (χ3n) is 5.08. The van der Waals surface area contributed by atoms with Crippen molar-refractivity contribution in [1.29, 1.82) is 0 Å². The van der Waals surface area contributed by atoms with Gasteiger partial charge in [-0.1, -0.05) is 59.7 Å². The molecule has 7 heteroatoms. The van der Waals surface area contributed by atoms with E-state index in [0.717, 1.165) is 22.3 Å². The average molecular weight is 426 g/mol. The first kappa shape index (κ1) is 24.1. The maximum absolute atomic E-state index is 12.7. The highest BCUT2D eigenvalue weighted by atomic mass is 16.5. The van der Waals surface area contributed by atoms with Crippen LogP contribution in [0.1, 0.15) is 35.2 Å². The molecule has 0 aromatic heterocycles. The van der Waals surface area contributed by atoms with E-state index in [0.29, 0.717) is 6.42 Å². The minimum atomic E-state index is -0.850. The van der Waals surface area contributed by atoms with Gasteiger partial charge in [-0.25, -0.2) is 4.79 Å². The van der Waals surface area contributed by atoms with Gasteiger partial charge in [-0.05, 0) is 38.9 Å². The van der Waals surface area contributed by atoms with Gasteiger partial charge in [0.25, 0.3) is 0 Å². The number of nitrogens with one attached hydrogen (secondary N) is 3. The van der Waals surface area contributed by atoms with E-state index < -0.39 is 30.0 Å². The highest BCUT2D eigenvalue weighted by molar-refractivity contribution is 5.92. The number of rotatable bonds is 9. The minimum absolute atomic E-state index is 0.294. The molecule has 2 aromatic rings. The van der Waals surface area contributed by atoms with Crippen LogP contribution in [0.4, 0.5) is 0 Å². The van der Waals surface area contributed by atoms with Gasteiger partial charge >= 0.3 is 5.97 Å². The quantitative estimate of drug-likeness (QED) is 0.534. The smallest absolute Gasteiger partial charge is 0.328 e. The molecule has 0 radical (unpaired) electrons. The second-order valence-corrected chi connectivity index (χ2v) is 7.64. The molecule has 2 amide bonds. The molecule has 0 saturated heterocycles. The van der Waals surface area contributed by atoms with Crippen molar-refractivity contribution >= 4 is 17.8 Å². The zero-order chi connectivity index (χ0) is 23.0. The van der Waals surface area contributed by atoms with Crippen molar-refractivity contribution in [2.24, 2.45) is 0 Å². The summed E-state index contributed by atoms with van der Waals surface area (Å²) in [5.41, 5.74) is 3.89. The summed E-state index contributed by atoms with van der Waals surface area (Å²) >= 11 is 0. The van der Waals surface area contributed by atoms with Gasteiger partial charge in [0.2, 0.25) is 11.8 Å². The SMILES string of the molecule is CN[C@H](C(=O)N[C@@H](C)C(=O)N[C@@H](Cc1ccc(C)cc1)C(=O)OC)c1ccc(C)cc1. The summed E-state index contributed by atoms with van der Waals surface area (Å²) in [6.45, 7) is 5.52. The molecular weight excluding hydrogens is 394 g/mol. The third kappa shape index (κ3) is 6.93. The fourth-order valence-electron chi connectivity index (χ4n) is 3.16. The van der Waals surface area contributed by atoms with Gasteiger partial charge in [0.15, 0.2) is 0 Å². The van der Waals surface area contributed by atoms with Gasteiger partial charge in [0.1, 0.15) is 18.1 Å². The van der Waals surface area contributed by atoms with Crippen molar-refractivity contribution < 1.29 is 19.1 Å². The maximum Gasteiger partial charge on any atom is 0.328 e. The van der Waals surface area contributed by atoms with E-state index in [1.807, 2.05) is 62.4 Å². The largest absolute Gasteiger partial charge is 0.467 e. The summed E-state index contributed by atoms with van der Waals surface area (Å²) in [6, 6.07) is 13.0. The second kappa shape index (κ2) is 11.3. The topological polar surface area (TPSA) is 96.5 Å². The van der Waals surface area contributed by atoms with E-state index in [9.17, 15) is 14.4 Å². The van der Waals surface area contributed by atoms with Gasteiger partial charge in [-0.15, -0.1) is 0 Å². The molecule has 0 aliphatic heterocycles. The summed E-state index contributed by atoms with van der Waals surface area (Å²) in [6.07, 6.45) is 0.294. The summed E-state index contributed by atoms with van der Waals surface area (Å²) in [7, 11) is 2.96. The summed E-state index contributed by atoms with van der Waals surface area (Å²) in [5, 5.41) is 8.37. The van der Waals surface area contributed by atoms with E-state index in [4.69, 9.17) is 4.74 Å². The number of carbonyl (C=O) groups is 3. The molecule has 7 nitrogen and oxygen atoms in total. The van der Waals surface area contributed by atoms with Crippen molar-refractivity contribution in [1.82, 2.24) is 16.0 Å². The fourth-order valence-corrected chi connectivity index (χ4v) is 3.16. The Morgan fingerprint density at radius 2 is 1.42 bits per heavy atom. The van der Waals surface area contributed by atoms with Gasteiger partial charge in [-0.3, -0.25) is 9.59 Å². The molecule has 0 saturated carbocycles. The van der Waals surface area contributed by atoms with E-state index in [1.165, 1.54) is 7.11 Å². The molecule has 3 atom stereocenters. The molecule has 2 aromatic carbocycles. The van der Waals surface area contributed by atoms with Crippen LogP contribution in [0.15, 0.2) is 48.5 Å². The van der Waals surface area contributed by atoms with Crippen LogP contribution >= 0.6 is 0 Å². The van der Waals surface area contributed by atoms with Crippen molar-refractivity contribution in [2.75, 3.05) is 14.2 Å². The number of likely N-dealkylation sites (N-methyl/N-ethyl adjacent to an activating group) is 1. The normalized spacial score (nSPS) is 13.6. The van der Waals surface area contributed by atoms with Crippen molar-refractivity contribution in [3.63, 3.8) is 0 Å².